The minimum Gasteiger partial charge on any atom is -0.385 e. The highest BCUT2D eigenvalue weighted by atomic mass is 19.1. The average molecular weight is 225 g/mol. The Balaban J connectivity index is 3.00. The molecule has 1 amide bonds. The molecule has 0 bridgehead atoms. The van der Waals surface area contributed by atoms with Gasteiger partial charge in [-0.15, -0.1) is 0 Å². The van der Waals surface area contributed by atoms with Crippen molar-refractivity contribution in [2.75, 3.05) is 0 Å². The van der Waals surface area contributed by atoms with E-state index in [1.807, 2.05) is 6.92 Å². The van der Waals surface area contributed by atoms with Crippen LogP contribution in [0.4, 0.5) is 4.39 Å². The number of rotatable bonds is 5. The number of amides is 1. The van der Waals surface area contributed by atoms with Crippen LogP contribution in [0.2, 0.25) is 0 Å². The van der Waals surface area contributed by atoms with Crippen molar-refractivity contribution in [3.05, 3.63) is 35.6 Å². The summed E-state index contributed by atoms with van der Waals surface area (Å²) in [5.74, 6) is -0.943. The zero-order chi connectivity index (χ0) is 12.2. The third-order valence-electron chi connectivity index (χ3n) is 2.51. The van der Waals surface area contributed by atoms with Crippen LogP contribution >= 0.6 is 0 Å². The maximum atomic E-state index is 12.7. The first-order chi connectivity index (χ1) is 7.48. The molecule has 0 radical (unpaired) electrons. The monoisotopic (exact) mass is 225 g/mol. The lowest BCUT2D eigenvalue weighted by atomic mass is 9.86. The van der Waals surface area contributed by atoms with Gasteiger partial charge in [0.05, 0.1) is 12.0 Å². The van der Waals surface area contributed by atoms with Crippen LogP contribution < -0.4 is 5.73 Å². The lowest BCUT2D eigenvalue weighted by Gasteiger charge is -2.27. The van der Waals surface area contributed by atoms with E-state index in [9.17, 15) is 14.3 Å². The number of hydrogen-bond donors (Lipinski definition) is 2. The van der Waals surface area contributed by atoms with E-state index in [1.165, 1.54) is 24.3 Å². The predicted molar refractivity (Wildman–Crippen MR) is 59.0 cm³/mol. The fraction of sp³-hybridized carbons (Fsp3) is 0.417. The minimum atomic E-state index is -1.28. The highest BCUT2D eigenvalue weighted by Gasteiger charge is 2.30. The Labute approximate surface area is 94.1 Å². The second kappa shape index (κ2) is 5.07. The topological polar surface area (TPSA) is 63.3 Å². The first-order valence-electron chi connectivity index (χ1n) is 5.24. The molecule has 0 fully saturated rings. The third kappa shape index (κ3) is 3.03. The van der Waals surface area contributed by atoms with Crippen LogP contribution in [0, 0.1) is 5.82 Å². The Morgan fingerprint density at radius 1 is 1.44 bits per heavy atom. The number of halogens is 1. The van der Waals surface area contributed by atoms with Crippen molar-refractivity contribution in [3.63, 3.8) is 0 Å². The van der Waals surface area contributed by atoms with Gasteiger partial charge >= 0.3 is 0 Å². The molecular formula is C12H16FNO2. The Morgan fingerprint density at radius 3 is 2.44 bits per heavy atom. The quantitative estimate of drug-likeness (QED) is 0.801. The summed E-state index contributed by atoms with van der Waals surface area (Å²) >= 11 is 0. The number of aliphatic hydroxyl groups is 1. The Hall–Kier alpha value is -1.42. The van der Waals surface area contributed by atoms with E-state index in [-0.39, 0.29) is 12.2 Å². The van der Waals surface area contributed by atoms with Gasteiger partial charge in [0.2, 0.25) is 5.91 Å². The van der Waals surface area contributed by atoms with E-state index in [4.69, 9.17) is 5.73 Å². The van der Waals surface area contributed by atoms with Crippen LogP contribution in [0.15, 0.2) is 24.3 Å². The number of carbonyl (C=O) groups excluding carboxylic acids is 1. The van der Waals surface area contributed by atoms with E-state index >= 15 is 0 Å². The van der Waals surface area contributed by atoms with Crippen molar-refractivity contribution in [1.29, 1.82) is 0 Å². The summed E-state index contributed by atoms with van der Waals surface area (Å²) in [6.07, 6.45) is 0.981. The van der Waals surface area contributed by atoms with E-state index < -0.39 is 11.5 Å². The molecule has 1 unspecified atom stereocenters. The molecule has 4 heteroatoms. The number of hydrogen-bond acceptors (Lipinski definition) is 2. The molecule has 0 aliphatic carbocycles. The first kappa shape index (κ1) is 12.6. The molecule has 3 nitrogen and oxygen atoms in total. The summed E-state index contributed by atoms with van der Waals surface area (Å²) in [5.41, 5.74) is 4.34. The van der Waals surface area contributed by atoms with Crippen LogP contribution in [-0.4, -0.2) is 11.0 Å². The smallest absolute Gasteiger partial charge is 0.220 e. The zero-order valence-electron chi connectivity index (χ0n) is 9.24. The molecule has 0 saturated heterocycles. The van der Waals surface area contributed by atoms with E-state index in [1.54, 1.807) is 0 Å². The fourth-order valence-corrected chi connectivity index (χ4v) is 1.80. The molecule has 0 aliphatic heterocycles. The Kier molecular flexibility index (Phi) is 4.01. The molecule has 16 heavy (non-hydrogen) atoms. The van der Waals surface area contributed by atoms with E-state index in [2.05, 4.69) is 0 Å². The maximum Gasteiger partial charge on any atom is 0.220 e. The van der Waals surface area contributed by atoms with E-state index in [0.717, 1.165) is 0 Å². The highest BCUT2D eigenvalue weighted by Crippen LogP contribution is 2.30. The van der Waals surface area contributed by atoms with Gasteiger partial charge in [-0.2, -0.15) is 0 Å². The lowest BCUT2D eigenvalue weighted by Crippen LogP contribution is -2.31. The third-order valence-corrected chi connectivity index (χ3v) is 2.51. The summed E-state index contributed by atoms with van der Waals surface area (Å²) in [6, 6.07) is 5.48. The van der Waals surface area contributed by atoms with Crippen molar-refractivity contribution in [1.82, 2.24) is 0 Å². The second-order valence-corrected chi connectivity index (χ2v) is 3.93. The van der Waals surface area contributed by atoms with Crippen LogP contribution in [0.3, 0.4) is 0 Å². The van der Waals surface area contributed by atoms with Crippen molar-refractivity contribution >= 4 is 5.91 Å². The van der Waals surface area contributed by atoms with Gasteiger partial charge in [-0.1, -0.05) is 25.5 Å². The van der Waals surface area contributed by atoms with E-state index in [0.29, 0.717) is 18.4 Å². The van der Waals surface area contributed by atoms with Crippen molar-refractivity contribution < 1.29 is 14.3 Å². The molecule has 0 spiro atoms. The van der Waals surface area contributed by atoms with Gasteiger partial charge in [-0.3, -0.25) is 4.79 Å². The molecule has 0 heterocycles. The van der Waals surface area contributed by atoms with Gasteiger partial charge in [0.1, 0.15) is 5.82 Å². The van der Waals surface area contributed by atoms with Crippen LogP contribution in [0.25, 0.3) is 0 Å². The molecule has 0 aromatic heterocycles. The first-order valence-corrected chi connectivity index (χ1v) is 5.24. The molecule has 3 N–H and O–H groups in total. The van der Waals surface area contributed by atoms with Crippen molar-refractivity contribution in [2.45, 2.75) is 31.8 Å². The largest absolute Gasteiger partial charge is 0.385 e. The normalized spacial score (nSPS) is 14.4. The molecule has 1 rings (SSSR count). The lowest BCUT2D eigenvalue weighted by molar-refractivity contribution is -0.123. The van der Waals surface area contributed by atoms with Crippen molar-refractivity contribution in [2.24, 2.45) is 5.73 Å². The summed E-state index contributed by atoms with van der Waals surface area (Å²) in [6.45, 7) is 1.90. The molecule has 88 valence electrons. The minimum absolute atomic E-state index is 0.146. The van der Waals surface area contributed by atoms with Gasteiger partial charge in [0.25, 0.3) is 0 Å². The summed E-state index contributed by atoms with van der Waals surface area (Å²) in [7, 11) is 0. The predicted octanol–water partition coefficient (Wildman–Crippen LogP) is 1.69. The van der Waals surface area contributed by atoms with Crippen LogP contribution in [-0.2, 0) is 10.4 Å². The summed E-state index contributed by atoms with van der Waals surface area (Å²) in [4.78, 5) is 10.9. The molecule has 1 aromatic rings. The van der Waals surface area contributed by atoms with Crippen LogP contribution in [0.5, 0.6) is 0 Å². The molecule has 1 atom stereocenters. The average Bonchev–Trinajstić information content (AvgIpc) is 2.17. The van der Waals surface area contributed by atoms with Gasteiger partial charge in [-0.05, 0) is 24.1 Å². The zero-order valence-corrected chi connectivity index (χ0v) is 9.24. The van der Waals surface area contributed by atoms with Gasteiger partial charge in [0.15, 0.2) is 0 Å². The second-order valence-electron chi connectivity index (χ2n) is 3.93. The van der Waals surface area contributed by atoms with Crippen LogP contribution in [0.1, 0.15) is 31.7 Å². The Morgan fingerprint density at radius 2 is 2.00 bits per heavy atom. The van der Waals surface area contributed by atoms with Gasteiger partial charge < -0.3 is 10.8 Å². The summed E-state index contributed by atoms with van der Waals surface area (Å²) in [5, 5.41) is 10.3. The maximum absolute atomic E-state index is 12.7. The molecule has 0 aliphatic rings. The number of nitrogens with two attached hydrogens (primary N) is 1. The highest BCUT2D eigenvalue weighted by molar-refractivity contribution is 5.75. The number of carbonyl (C=O) groups is 1. The standard InChI is InChI=1S/C12H16FNO2/c1-2-7-12(16,8-11(14)15)9-3-5-10(13)6-4-9/h3-6,16H,2,7-8H2,1H3,(H2,14,15). The fourth-order valence-electron chi connectivity index (χ4n) is 1.80. The number of primary amides is 1. The molecular weight excluding hydrogens is 209 g/mol. The Bertz CT molecular complexity index is 364. The molecule has 0 saturated carbocycles. The molecule has 1 aromatic carbocycles. The summed E-state index contributed by atoms with van der Waals surface area (Å²) < 4.78 is 12.7. The number of benzene rings is 1. The van der Waals surface area contributed by atoms with Gasteiger partial charge in [-0.25, -0.2) is 4.39 Å². The van der Waals surface area contributed by atoms with Crippen molar-refractivity contribution in [3.8, 4) is 0 Å². The SMILES string of the molecule is CCCC(O)(CC(N)=O)c1ccc(F)cc1. The van der Waals surface area contributed by atoms with Gasteiger partial charge in [0, 0.05) is 0 Å².